The fourth-order valence-electron chi connectivity index (χ4n) is 0.658. The van der Waals surface area contributed by atoms with E-state index in [0.717, 1.165) is 0 Å². The fraction of sp³-hybridized carbons (Fsp3) is 0.286. The van der Waals surface area contributed by atoms with E-state index < -0.39 is 5.91 Å². The van der Waals surface area contributed by atoms with E-state index in [4.69, 9.17) is 11.6 Å². The second-order valence-corrected chi connectivity index (χ2v) is 1.78. The van der Waals surface area contributed by atoms with E-state index in [-0.39, 0.29) is 0 Å². The number of aromatic amines is 1. The maximum absolute atomic E-state index is 10.8. The minimum Gasteiger partial charge on any atom is -0.385 e. The summed E-state index contributed by atoms with van der Waals surface area (Å²) >= 11 is 0. The molecule has 0 saturated carbocycles. The molecule has 0 unspecified atom stereocenters. The fourth-order valence-corrected chi connectivity index (χ4v) is 0.658. The molecule has 1 heterocycles. The Labute approximate surface area is 71.1 Å². The summed E-state index contributed by atoms with van der Waals surface area (Å²) < 4.78 is 0. The summed E-state index contributed by atoms with van der Waals surface area (Å²) in [5, 5.41) is 0. The van der Waals surface area contributed by atoms with Crippen LogP contribution < -0.4 is 17.0 Å². The third-order valence-corrected chi connectivity index (χ3v) is 1.15. The van der Waals surface area contributed by atoms with Gasteiger partial charge in [0.15, 0.2) is 0 Å². The van der Waals surface area contributed by atoms with Crippen molar-refractivity contribution in [3.8, 4) is 0 Å². The van der Waals surface area contributed by atoms with Gasteiger partial charge in [-0.25, -0.2) is 5.84 Å². The lowest BCUT2D eigenvalue weighted by Crippen LogP contribution is -2.30. The monoisotopic (exact) mass is 170 g/mol. The van der Waals surface area contributed by atoms with Crippen molar-refractivity contribution in [1.82, 2.24) is 10.4 Å². The van der Waals surface area contributed by atoms with Gasteiger partial charge >= 0.3 is 0 Å². The third-order valence-electron chi connectivity index (χ3n) is 1.15. The van der Waals surface area contributed by atoms with Crippen LogP contribution >= 0.6 is 0 Å². The predicted molar refractivity (Wildman–Crippen MR) is 48.2 cm³/mol. The Bertz CT molecular complexity index is 243. The van der Waals surface area contributed by atoms with Gasteiger partial charge in [0, 0.05) is 6.20 Å². The topological polar surface area (TPSA) is 96.9 Å². The number of nitrogen functional groups attached to an aromatic ring is 2. The molecular formula is C7H14N4O. The first-order chi connectivity index (χ1) is 5.75. The van der Waals surface area contributed by atoms with Crippen molar-refractivity contribution in [2.24, 2.45) is 5.84 Å². The van der Waals surface area contributed by atoms with E-state index in [1.807, 2.05) is 19.3 Å². The number of nitrogens with one attached hydrogen (secondary N) is 2. The molecule has 0 aliphatic heterocycles. The summed E-state index contributed by atoms with van der Waals surface area (Å²) in [5.41, 5.74) is 7.68. The number of hydrogen-bond acceptors (Lipinski definition) is 3. The van der Waals surface area contributed by atoms with E-state index >= 15 is 0 Å². The Morgan fingerprint density at radius 3 is 2.50 bits per heavy atom. The van der Waals surface area contributed by atoms with Crippen LogP contribution in [0.15, 0.2) is 12.3 Å². The lowest BCUT2D eigenvalue weighted by atomic mass is 10.3. The molecule has 0 aliphatic carbocycles. The van der Waals surface area contributed by atoms with E-state index in [1.54, 1.807) is 12.3 Å². The van der Waals surface area contributed by atoms with Gasteiger partial charge in [-0.05, 0) is 6.07 Å². The first-order valence-electron chi connectivity index (χ1n) is 3.69. The smallest absolute Gasteiger partial charge is 0.268 e. The molecule has 0 atom stereocenters. The largest absolute Gasteiger partial charge is 0.385 e. The highest BCUT2D eigenvalue weighted by Gasteiger charge is 2.06. The SMILES string of the molecule is CC.NNC(=O)c1cc[nH]c1N. The number of carbonyl (C=O) groups excluding carboxylic acids is 1. The van der Waals surface area contributed by atoms with Crippen LogP contribution in [0.1, 0.15) is 24.2 Å². The summed E-state index contributed by atoms with van der Waals surface area (Å²) in [5.74, 6) is 4.80. The summed E-state index contributed by atoms with van der Waals surface area (Å²) in [7, 11) is 0. The second-order valence-electron chi connectivity index (χ2n) is 1.78. The van der Waals surface area contributed by atoms with Crippen molar-refractivity contribution >= 4 is 11.7 Å². The Hall–Kier alpha value is -1.49. The van der Waals surface area contributed by atoms with Crippen LogP contribution in [0, 0.1) is 0 Å². The number of nitrogens with two attached hydrogens (primary N) is 2. The molecule has 0 aliphatic rings. The Kier molecular flexibility index (Phi) is 4.55. The number of rotatable bonds is 1. The van der Waals surface area contributed by atoms with Gasteiger partial charge in [-0.1, -0.05) is 13.8 Å². The molecule has 1 rings (SSSR count). The van der Waals surface area contributed by atoms with Gasteiger partial charge in [-0.3, -0.25) is 10.2 Å². The molecule has 5 heteroatoms. The van der Waals surface area contributed by atoms with Crippen molar-refractivity contribution in [2.45, 2.75) is 13.8 Å². The van der Waals surface area contributed by atoms with Crippen LogP contribution in [0.4, 0.5) is 5.82 Å². The van der Waals surface area contributed by atoms with Gasteiger partial charge in [0.05, 0.1) is 5.56 Å². The summed E-state index contributed by atoms with van der Waals surface area (Å²) in [6.07, 6.45) is 1.57. The van der Waals surface area contributed by atoms with Gasteiger partial charge in [-0.2, -0.15) is 0 Å². The zero-order valence-electron chi connectivity index (χ0n) is 7.22. The van der Waals surface area contributed by atoms with Crippen LogP contribution in [-0.4, -0.2) is 10.9 Å². The average Bonchev–Trinajstić information content (AvgIpc) is 2.54. The quantitative estimate of drug-likeness (QED) is 0.276. The summed E-state index contributed by atoms with van der Waals surface area (Å²) in [4.78, 5) is 13.4. The highest BCUT2D eigenvalue weighted by atomic mass is 16.2. The van der Waals surface area contributed by atoms with Gasteiger partial charge in [0.2, 0.25) is 0 Å². The number of hydrogen-bond donors (Lipinski definition) is 4. The predicted octanol–water partition coefficient (Wildman–Crippen LogP) is 0.227. The average molecular weight is 170 g/mol. The molecule has 0 fully saturated rings. The maximum atomic E-state index is 10.8. The molecule has 6 N–H and O–H groups in total. The van der Waals surface area contributed by atoms with Gasteiger partial charge < -0.3 is 10.7 Å². The van der Waals surface area contributed by atoms with Gasteiger partial charge in [0.25, 0.3) is 5.91 Å². The van der Waals surface area contributed by atoms with Crippen molar-refractivity contribution in [3.05, 3.63) is 17.8 Å². The molecule has 68 valence electrons. The van der Waals surface area contributed by atoms with Crippen molar-refractivity contribution < 1.29 is 4.79 Å². The maximum Gasteiger partial charge on any atom is 0.268 e. The van der Waals surface area contributed by atoms with Crippen molar-refractivity contribution in [1.29, 1.82) is 0 Å². The third kappa shape index (κ3) is 2.28. The van der Waals surface area contributed by atoms with Crippen LogP contribution in [-0.2, 0) is 0 Å². The number of amides is 1. The number of hydrazine groups is 1. The van der Waals surface area contributed by atoms with Crippen molar-refractivity contribution in [2.75, 3.05) is 5.73 Å². The molecule has 0 bridgehead atoms. The van der Waals surface area contributed by atoms with Crippen molar-refractivity contribution in [3.63, 3.8) is 0 Å². The lowest BCUT2D eigenvalue weighted by molar-refractivity contribution is 0.0955. The molecule has 12 heavy (non-hydrogen) atoms. The molecule has 1 aromatic heterocycles. The summed E-state index contributed by atoms with van der Waals surface area (Å²) in [6.45, 7) is 4.00. The minimum atomic E-state index is -0.390. The Balaban J connectivity index is 0.000000561. The number of H-pyrrole nitrogens is 1. The first-order valence-corrected chi connectivity index (χ1v) is 3.69. The van der Waals surface area contributed by atoms with E-state index in [9.17, 15) is 4.79 Å². The van der Waals surface area contributed by atoms with E-state index in [1.165, 1.54) is 0 Å². The first kappa shape index (κ1) is 10.5. The van der Waals surface area contributed by atoms with Crippen LogP contribution in [0.5, 0.6) is 0 Å². The van der Waals surface area contributed by atoms with Gasteiger partial charge in [0.1, 0.15) is 5.82 Å². The van der Waals surface area contributed by atoms with Crippen LogP contribution in [0.3, 0.4) is 0 Å². The minimum absolute atomic E-state index is 0.322. The summed E-state index contributed by atoms with van der Waals surface area (Å²) in [6, 6.07) is 1.55. The number of carbonyl (C=O) groups is 1. The Morgan fingerprint density at radius 1 is 1.58 bits per heavy atom. The molecule has 0 saturated heterocycles. The highest BCUT2D eigenvalue weighted by molar-refractivity contribution is 5.98. The highest BCUT2D eigenvalue weighted by Crippen LogP contribution is 2.06. The lowest BCUT2D eigenvalue weighted by Gasteiger charge is -1.95. The second kappa shape index (κ2) is 5.20. The normalized spacial score (nSPS) is 8.25. The zero-order valence-corrected chi connectivity index (χ0v) is 7.22. The molecule has 5 nitrogen and oxygen atoms in total. The molecule has 1 amide bonds. The molecule has 0 aromatic carbocycles. The van der Waals surface area contributed by atoms with Crippen LogP contribution in [0.2, 0.25) is 0 Å². The van der Waals surface area contributed by atoms with E-state index in [2.05, 4.69) is 4.98 Å². The molecule has 0 spiro atoms. The zero-order chi connectivity index (χ0) is 9.56. The van der Waals surface area contributed by atoms with E-state index in [0.29, 0.717) is 11.4 Å². The van der Waals surface area contributed by atoms with Crippen LogP contribution in [0.25, 0.3) is 0 Å². The molecule has 0 radical (unpaired) electrons. The molecular weight excluding hydrogens is 156 g/mol. The van der Waals surface area contributed by atoms with Gasteiger partial charge in [-0.15, -0.1) is 0 Å². The molecule has 1 aromatic rings. The number of anilines is 1. The standard InChI is InChI=1S/C5H8N4O.C2H6/c6-4-3(1-2-8-4)5(10)9-7;1-2/h1-2,8H,6-7H2,(H,9,10);1-2H3. The number of aromatic nitrogens is 1. The Morgan fingerprint density at radius 2 is 2.17 bits per heavy atom.